The van der Waals surface area contributed by atoms with Crippen molar-refractivity contribution < 1.29 is 14.3 Å². The van der Waals surface area contributed by atoms with Gasteiger partial charge in [-0.3, -0.25) is 9.59 Å². The number of aromatic nitrogens is 1. The van der Waals surface area contributed by atoms with Gasteiger partial charge in [0, 0.05) is 31.6 Å². The lowest BCUT2D eigenvalue weighted by molar-refractivity contribution is -0.132. The lowest BCUT2D eigenvalue weighted by atomic mass is 10.0. The minimum Gasteiger partial charge on any atom is -0.496 e. The Morgan fingerprint density at radius 1 is 1.29 bits per heavy atom. The van der Waals surface area contributed by atoms with Crippen molar-refractivity contribution in [3.63, 3.8) is 0 Å². The largest absolute Gasteiger partial charge is 0.496 e. The Morgan fingerprint density at radius 3 is 2.75 bits per heavy atom. The molecule has 148 valence electrons. The fourth-order valence-electron chi connectivity index (χ4n) is 3.60. The molecule has 2 aromatic rings. The van der Waals surface area contributed by atoms with Crippen molar-refractivity contribution in [3.8, 4) is 5.75 Å². The SMILES string of the molecule is COc1ccc(CCCC(=O)N2CCc3nc(N)c(C(N)=O)cc3C2)cc1C. The molecule has 2 heterocycles. The molecule has 1 aliphatic heterocycles. The lowest BCUT2D eigenvalue weighted by Crippen LogP contribution is -2.36. The van der Waals surface area contributed by atoms with Gasteiger partial charge in [0.15, 0.2) is 0 Å². The number of primary amides is 1. The summed E-state index contributed by atoms with van der Waals surface area (Å²) in [4.78, 5) is 30.2. The molecule has 0 unspecified atom stereocenters. The van der Waals surface area contributed by atoms with Gasteiger partial charge in [0.05, 0.1) is 12.7 Å². The number of pyridine rings is 1. The number of hydrogen-bond acceptors (Lipinski definition) is 5. The number of benzene rings is 1. The van der Waals surface area contributed by atoms with Crippen LogP contribution in [0.5, 0.6) is 5.75 Å². The summed E-state index contributed by atoms with van der Waals surface area (Å²) in [5, 5.41) is 0. The molecular weight excluding hydrogens is 356 g/mol. The van der Waals surface area contributed by atoms with Crippen LogP contribution in [0.25, 0.3) is 0 Å². The summed E-state index contributed by atoms with van der Waals surface area (Å²) in [5.74, 6) is 0.525. The van der Waals surface area contributed by atoms with E-state index in [0.717, 1.165) is 35.4 Å². The molecule has 0 atom stereocenters. The second-order valence-corrected chi connectivity index (χ2v) is 7.11. The zero-order valence-corrected chi connectivity index (χ0v) is 16.3. The quantitative estimate of drug-likeness (QED) is 0.793. The van der Waals surface area contributed by atoms with Gasteiger partial charge in [0.1, 0.15) is 11.6 Å². The lowest BCUT2D eigenvalue weighted by Gasteiger charge is -2.29. The fraction of sp³-hybridized carbons (Fsp3) is 0.381. The van der Waals surface area contributed by atoms with Crippen LogP contribution in [-0.2, 0) is 24.2 Å². The van der Waals surface area contributed by atoms with Crippen LogP contribution in [0.3, 0.4) is 0 Å². The number of carbonyl (C=O) groups is 2. The third kappa shape index (κ3) is 4.24. The summed E-state index contributed by atoms with van der Waals surface area (Å²) in [6.45, 7) is 3.05. The minimum absolute atomic E-state index is 0.105. The van der Waals surface area contributed by atoms with Gasteiger partial charge in [-0.25, -0.2) is 4.98 Å². The molecule has 0 bridgehead atoms. The molecule has 0 saturated carbocycles. The number of nitrogens with zero attached hydrogens (tertiary/aromatic N) is 2. The Kier molecular flexibility index (Phi) is 5.82. The van der Waals surface area contributed by atoms with Crippen LogP contribution in [0.2, 0.25) is 0 Å². The van der Waals surface area contributed by atoms with Gasteiger partial charge in [-0.2, -0.15) is 0 Å². The topological polar surface area (TPSA) is 112 Å². The smallest absolute Gasteiger partial charge is 0.252 e. The number of rotatable bonds is 6. The monoisotopic (exact) mass is 382 g/mol. The first-order chi connectivity index (χ1) is 13.4. The van der Waals surface area contributed by atoms with E-state index in [1.807, 2.05) is 24.0 Å². The van der Waals surface area contributed by atoms with E-state index in [1.165, 1.54) is 5.56 Å². The summed E-state index contributed by atoms with van der Waals surface area (Å²) < 4.78 is 5.28. The first-order valence-corrected chi connectivity index (χ1v) is 9.38. The highest BCUT2D eigenvalue weighted by molar-refractivity contribution is 5.97. The van der Waals surface area contributed by atoms with Crippen molar-refractivity contribution in [3.05, 3.63) is 52.2 Å². The average molecular weight is 382 g/mol. The summed E-state index contributed by atoms with van der Waals surface area (Å²) >= 11 is 0. The Bertz CT molecular complexity index is 911. The number of aryl methyl sites for hydroxylation is 2. The number of anilines is 1. The minimum atomic E-state index is -0.606. The molecule has 1 aliphatic rings. The number of nitrogen functional groups attached to an aromatic ring is 1. The molecule has 1 aromatic carbocycles. The zero-order valence-electron chi connectivity index (χ0n) is 16.3. The number of hydrogen-bond donors (Lipinski definition) is 2. The third-order valence-electron chi connectivity index (χ3n) is 5.13. The first kappa shape index (κ1) is 19.7. The zero-order chi connectivity index (χ0) is 20.3. The van der Waals surface area contributed by atoms with Gasteiger partial charge >= 0.3 is 0 Å². The van der Waals surface area contributed by atoms with E-state index in [4.69, 9.17) is 16.2 Å². The molecule has 3 rings (SSSR count). The maximum absolute atomic E-state index is 12.6. The molecule has 4 N–H and O–H groups in total. The fourth-order valence-corrected chi connectivity index (χ4v) is 3.60. The second kappa shape index (κ2) is 8.29. The maximum Gasteiger partial charge on any atom is 0.252 e. The van der Waals surface area contributed by atoms with E-state index in [1.54, 1.807) is 13.2 Å². The van der Waals surface area contributed by atoms with Gasteiger partial charge in [0.2, 0.25) is 5.91 Å². The third-order valence-corrected chi connectivity index (χ3v) is 5.13. The molecule has 0 saturated heterocycles. The van der Waals surface area contributed by atoms with Gasteiger partial charge in [-0.1, -0.05) is 12.1 Å². The average Bonchev–Trinajstić information content (AvgIpc) is 2.67. The number of ether oxygens (including phenoxy) is 1. The highest BCUT2D eigenvalue weighted by atomic mass is 16.5. The second-order valence-electron chi connectivity index (χ2n) is 7.11. The number of methoxy groups -OCH3 is 1. The highest BCUT2D eigenvalue weighted by Gasteiger charge is 2.23. The number of carbonyl (C=O) groups excluding carboxylic acids is 2. The van der Waals surface area contributed by atoms with Crippen molar-refractivity contribution in [1.29, 1.82) is 0 Å². The normalized spacial score (nSPS) is 13.1. The van der Waals surface area contributed by atoms with Crippen molar-refractivity contribution in [1.82, 2.24) is 9.88 Å². The standard InChI is InChI=1S/C21H26N4O3/c1-13-10-14(6-7-18(13)28-2)4-3-5-19(26)25-9-8-17-15(12-25)11-16(21(23)27)20(22)24-17/h6-7,10-11H,3-5,8-9,12H2,1-2H3,(H2,22,24)(H2,23,27). The van der Waals surface area contributed by atoms with Crippen molar-refractivity contribution in [2.75, 3.05) is 19.4 Å². The molecule has 0 radical (unpaired) electrons. The molecule has 2 amide bonds. The number of fused-ring (bicyclic) bond motifs is 1. The predicted octanol–water partition coefficient (Wildman–Crippen LogP) is 1.99. The van der Waals surface area contributed by atoms with E-state index in [2.05, 4.69) is 11.1 Å². The van der Waals surface area contributed by atoms with Crippen LogP contribution in [0.1, 0.15) is 45.6 Å². The van der Waals surface area contributed by atoms with Crippen LogP contribution < -0.4 is 16.2 Å². The van der Waals surface area contributed by atoms with Crippen molar-refractivity contribution in [2.24, 2.45) is 5.73 Å². The molecular formula is C21H26N4O3. The molecule has 7 heteroatoms. The van der Waals surface area contributed by atoms with Gasteiger partial charge in [-0.05, 0) is 48.6 Å². The van der Waals surface area contributed by atoms with Crippen LogP contribution in [0.15, 0.2) is 24.3 Å². The van der Waals surface area contributed by atoms with Crippen molar-refractivity contribution in [2.45, 2.75) is 39.2 Å². The van der Waals surface area contributed by atoms with Gasteiger partial charge in [0.25, 0.3) is 5.91 Å². The van der Waals surface area contributed by atoms with Gasteiger partial charge in [-0.15, -0.1) is 0 Å². The summed E-state index contributed by atoms with van der Waals surface area (Å²) in [6, 6.07) is 7.76. The van der Waals surface area contributed by atoms with E-state index in [-0.39, 0.29) is 17.3 Å². The van der Waals surface area contributed by atoms with Crippen LogP contribution in [-0.4, -0.2) is 35.4 Å². The Morgan fingerprint density at radius 2 is 2.07 bits per heavy atom. The summed E-state index contributed by atoms with van der Waals surface area (Å²) in [7, 11) is 1.66. The van der Waals surface area contributed by atoms with Crippen molar-refractivity contribution >= 4 is 17.6 Å². The predicted molar refractivity (Wildman–Crippen MR) is 107 cm³/mol. The maximum atomic E-state index is 12.6. The van der Waals surface area contributed by atoms with Gasteiger partial charge < -0.3 is 21.1 Å². The van der Waals surface area contributed by atoms with Crippen LogP contribution in [0, 0.1) is 6.92 Å². The number of amides is 2. The Hall–Kier alpha value is -3.09. The Balaban J connectivity index is 1.58. The first-order valence-electron chi connectivity index (χ1n) is 9.38. The summed E-state index contributed by atoms with van der Waals surface area (Å²) in [5.41, 5.74) is 15.3. The van der Waals surface area contributed by atoms with Crippen LogP contribution in [0.4, 0.5) is 5.82 Å². The number of nitrogens with two attached hydrogens (primary N) is 2. The molecule has 0 aliphatic carbocycles. The molecule has 0 spiro atoms. The van der Waals surface area contributed by atoms with E-state index < -0.39 is 5.91 Å². The molecule has 7 nitrogen and oxygen atoms in total. The van der Waals surface area contributed by atoms with E-state index in [0.29, 0.717) is 25.9 Å². The Labute approximate surface area is 164 Å². The van der Waals surface area contributed by atoms with E-state index >= 15 is 0 Å². The molecule has 1 aromatic heterocycles. The molecule has 0 fully saturated rings. The van der Waals surface area contributed by atoms with Crippen LogP contribution >= 0.6 is 0 Å². The van der Waals surface area contributed by atoms with E-state index in [9.17, 15) is 9.59 Å². The highest BCUT2D eigenvalue weighted by Crippen LogP contribution is 2.23. The summed E-state index contributed by atoms with van der Waals surface area (Å²) in [6.07, 6.45) is 2.72. The molecule has 28 heavy (non-hydrogen) atoms.